The van der Waals surface area contributed by atoms with Crippen LogP contribution in [0.4, 0.5) is 0 Å². The average molecular weight is 245 g/mol. The second-order valence-corrected chi connectivity index (χ2v) is 6.33. The number of benzene rings is 1. The van der Waals surface area contributed by atoms with E-state index >= 15 is 0 Å². The van der Waals surface area contributed by atoms with Gasteiger partial charge in [0.1, 0.15) is 5.75 Å². The van der Waals surface area contributed by atoms with Crippen LogP contribution in [0.25, 0.3) is 0 Å². The third kappa shape index (κ3) is 1.45. The molecular weight excluding hydrogens is 222 g/mol. The van der Waals surface area contributed by atoms with Crippen molar-refractivity contribution in [3.63, 3.8) is 0 Å². The van der Waals surface area contributed by atoms with Crippen LogP contribution in [0.1, 0.15) is 37.3 Å². The van der Waals surface area contributed by atoms with Crippen molar-refractivity contribution in [2.75, 3.05) is 14.2 Å². The molecule has 3 rings (SSSR count). The van der Waals surface area contributed by atoms with E-state index in [4.69, 9.17) is 4.74 Å². The van der Waals surface area contributed by atoms with Gasteiger partial charge in [-0.2, -0.15) is 0 Å². The Morgan fingerprint density at radius 3 is 2.78 bits per heavy atom. The molecule has 0 amide bonds. The van der Waals surface area contributed by atoms with Gasteiger partial charge in [0.05, 0.1) is 7.11 Å². The van der Waals surface area contributed by atoms with Gasteiger partial charge in [-0.1, -0.05) is 19.9 Å². The minimum Gasteiger partial charge on any atom is -0.497 e. The Balaban J connectivity index is 1.99. The molecule has 2 heteroatoms. The molecule has 1 fully saturated rings. The van der Waals surface area contributed by atoms with Crippen LogP contribution < -0.4 is 10.1 Å². The fraction of sp³-hybridized carbons (Fsp3) is 0.625. The topological polar surface area (TPSA) is 21.3 Å². The van der Waals surface area contributed by atoms with Crippen molar-refractivity contribution in [3.8, 4) is 5.75 Å². The maximum absolute atomic E-state index is 5.34. The third-order valence-electron chi connectivity index (χ3n) is 5.20. The average Bonchev–Trinajstić information content (AvgIpc) is 2.37. The highest BCUT2D eigenvalue weighted by atomic mass is 16.5. The van der Waals surface area contributed by atoms with E-state index in [1.54, 1.807) is 12.7 Å². The van der Waals surface area contributed by atoms with Crippen LogP contribution in [0.15, 0.2) is 18.2 Å². The molecule has 2 aliphatic rings. The smallest absolute Gasteiger partial charge is 0.119 e. The third-order valence-corrected chi connectivity index (χ3v) is 5.20. The molecule has 3 atom stereocenters. The number of rotatable bonds is 2. The Labute approximate surface area is 110 Å². The zero-order chi connectivity index (χ0) is 12.9. The minimum atomic E-state index is 0.364. The van der Waals surface area contributed by atoms with Crippen LogP contribution in [0.2, 0.25) is 0 Å². The molecule has 0 saturated heterocycles. The molecule has 18 heavy (non-hydrogen) atoms. The van der Waals surface area contributed by atoms with Gasteiger partial charge in [0.15, 0.2) is 0 Å². The summed E-state index contributed by atoms with van der Waals surface area (Å²) < 4.78 is 5.34. The van der Waals surface area contributed by atoms with E-state index in [2.05, 4.69) is 44.4 Å². The van der Waals surface area contributed by atoms with Gasteiger partial charge in [0, 0.05) is 6.04 Å². The largest absolute Gasteiger partial charge is 0.497 e. The summed E-state index contributed by atoms with van der Waals surface area (Å²) in [5, 5.41) is 3.52. The van der Waals surface area contributed by atoms with Crippen LogP contribution in [0.3, 0.4) is 0 Å². The second kappa shape index (κ2) is 3.99. The monoisotopic (exact) mass is 245 g/mol. The quantitative estimate of drug-likeness (QED) is 0.865. The molecule has 1 aromatic rings. The van der Waals surface area contributed by atoms with E-state index in [9.17, 15) is 0 Å². The molecule has 2 aliphatic carbocycles. The molecule has 0 bridgehead atoms. The molecule has 1 saturated carbocycles. The molecular formula is C16H23NO. The van der Waals surface area contributed by atoms with Crippen LogP contribution >= 0.6 is 0 Å². The lowest BCUT2D eigenvalue weighted by Crippen LogP contribution is -2.63. The minimum absolute atomic E-state index is 0.364. The van der Waals surface area contributed by atoms with Crippen molar-refractivity contribution in [2.45, 2.75) is 38.6 Å². The van der Waals surface area contributed by atoms with E-state index in [0.29, 0.717) is 17.4 Å². The first-order valence-corrected chi connectivity index (χ1v) is 6.93. The Bertz CT molecular complexity index is 466. The number of methoxy groups -OCH3 is 1. The second-order valence-electron chi connectivity index (χ2n) is 6.33. The maximum Gasteiger partial charge on any atom is 0.119 e. The van der Waals surface area contributed by atoms with Crippen molar-refractivity contribution in [3.05, 3.63) is 29.3 Å². The lowest BCUT2D eigenvalue weighted by molar-refractivity contribution is -0.0175. The normalized spacial score (nSPS) is 32.1. The molecule has 0 radical (unpaired) electrons. The molecule has 98 valence electrons. The summed E-state index contributed by atoms with van der Waals surface area (Å²) >= 11 is 0. The highest BCUT2D eigenvalue weighted by Crippen LogP contribution is 2.60. The zero-order valence-corrected chi connectivity index (χ0v) is 11.8. The predicted molar refractivity (Wildman–Crippen MR) is 74.2 cm³/mol. The van der Waals surface area contributed by atoms with Crippen molar-refractivity contribution >= 4 is 0 Å². The van der Waals surface area contributed by atoms with Gasteiger partial charge in [-0.05, 0) is 60.4 Å². The number of hydrogen-bond donors (Lipinski definition) is 1. The number of fused-ring (bicyclic) bond motifs is 3. The van der Waals surface area contributed by atoms with Crippen LogP contribution in [0.5, 0.6) is 5.75 Å². The fourth-order valence-corrected chi connectivity index (χ4v) is 4.47. The standard InChI is InChI=1S/C16H23NO/c1-16(2)14-12-8-6-11(18-4)9-10(12)5-7-13(14)15(16)17-3/h6,8-9,13-15,17H,5,7H2,1-4H3. The summed E-state index contributed by atoms with van der Waals surface area (Å²) in [6.07, 6.45) is 2.50. The van der Waals surface area contributed by atoms with Gasteiger partial charge in [0.25, 0.3) is 0 Å². The van der Waals surface area contributed by atoms with Crippen molar-refractivity contribution in [1.82, 2.24) is 5.32 Å². The predicted octanol–water partition coefficient (Wildman–Crippen LogP) is 2.97. The Hall–Kier alpha value is -1.02. The molecule has 0 aliphatic heterocycles. The van der Waals surface area contributed by atoms with E-state index in [-0.39, 0.29) is 0 Å². The lowest BCUT2D eigenvalue weighted by Gasteiger charge is -2.61. The number of aryl methyl sites for hydroxylation is 1. The SMILES string of the molecule is CNC1C2CCc3cc(OC)ccc3C2C1(C)C. The van der Waals surface area contributed by atoms with Gasteiger partial charge in [-0.15, -0.1) is 0 Å². The fourth-order valence-electron chi connectivity index (χ4n) is 4.47. The van der Waals surface area contributed by atoms with Crippen molar-refractivity contribution < 1.29 is 4.74 Å². The van der Waals surface area contributed by atoms with Crippen molar-refractivity contribution in [1.29, 1.82) is 0 Å². The summed E-state index contributed by atoms with van der Waals surface area (Å²) in [6, 6.07) is 7.30. The molecule has 0 spiro atoms. The van der Waals surface area contributed by atoms with E-state index in [1.165, 1.54) is 18.4 Å². The molecule has 3 unspecified atom stereocenters. The first-order valence-electron chi connectivity index (χ1n) is 6.93. The maximum atomic E-state index is 5.34. The van der Waals surface area contributed by atoms with Crippen LogP contribution in [-0.4, -0.2) is 20.2 Å². The Kier molecular flexibility index (Phi) is 2.67. The van der Waals surface area contributed by atoms with E-state index in [1.807, 2.05) is 0 Å². The summed E-state index contributed by atoms with van der Waals surface area (Å²) in [4.78, 5) is 0. The molecule has 0 heterocycles. The zero-order valence-electron chi connectivity index (χ0n) is 11.8. The molecule has 2 nitrogen and oxygen atoms in total. The molecule has 1 aromatic carbocycles. The lowest BCUT2D eigenvalue weighted by atomic mass is 9.46. The molecule has 0 aromatic heterocycles. The van der Waals surface area contributed by atoms with Crippen LogP contribution in [0, 0.1) is 11.3 Å². The van der Waals surface area contributed by atoms with Gasteiger partial charge in [-0.25, -0.2) is 0 Å². The molecule has 1 N–H and O–H groups in total. The summed E-state index contributed by atoms with van der Waals surface area (Å²) in [5.74, 6) is 2.52. The first-order chi connectivity index (χ1) is 8.59. The van der Waals surface area contributed by atoms with Gasteiger partial charge in [-0.3, -0.25) is 0 Å². The summed E-state index contributed by atoms with van der Waals surface area (Å²) in [6.45, 7) is 4.79. The Morgan fingerprint density at radius 1 is 1.33 bits per heavy atom. The van der Waals surface area contributed by atoms with E-state index in [0.717, 1.165) is 11.7 Å². The highest BCUT2D eigenvalue weighted by molar-refractivity contribution is 5.43. The van der Waals surface area contributed by atoms with Crippen molar-refractivity contribution in [2.24, 2.45) is 11.3 Å². The highest BCUT2D eigenvalue weighted by Gasteiger charge is 2.57. The summed E-state index contributed by atoms with van der Waals surface area (Å²) in [7, 11) is 3.85. The van der Waals surface area contributed by atoms with E-state index < -0.39 is 0 Å². The Morgan fingerprint density at radius 2 is 2.11 bits per heavy atom. The summed E-state index contributed by atoms with van der Waals surface area (Å²) in [5.41, 5.74) is 3.42. The number of ether oxygens (including phenoxy) is 1. The first kappa shape index (κ1) is 12.0. The van der Waals surface area contributed by atoms with Gasteiger partial charge >= 0.3 is 0 Å². The number of hydrogen-bond acceptors (Lipinski definition) is 2. The van der Waals surface area contributed by atoms with Crippen LogP contribution in [-0.2, 0) is 6.42 Å². The van der Waals surface area contributed by atoms with Gasteiger partial charge in [0.2, 0.25) is 0 Å². The number of nitrogens with one attached hydrogen (secondary N) is 1. The van der Waals surface area contributed by atoms with Gasteiger partial charge < -0.3 is 10.1 Å².